The van der Waals surface area contributed by atoms with Crippen molar-refractivity contribution in [2.24, 2.45) is 5.92 Å². The Morgan fingerprint density at radius 1 is 1.35 bits per heavy atom. The quantitative estimate of drug-likeness (QED) is 0.828. The molecule has 4 heteroatoms. The summed E-state index contributed by atoms with van der Waals surface area (Å²) in [6.07, 6.45) is 8.21. The second-order valence-electron chi connectivity index (χ2n) is 5.45. The summed E-state index contributed by atoms with van der Waals surface area (Å²) < 4.78 is 5.35. The summed E-state index contributed by atoms with van der Waals surface area (Å²) >= 11 is 0. The third-order valence-electron chi connectivity index (χ3n) is 3.82. The number of carbonyl (C=O) groups excluding carboxylic acids is 1. The molecule has 3 rings (SSSR count). The van der Waals surface area contributed by atoms with Crippen LogP contribution in [0.25, 0.3) is 0 Å². The zero-order valence-corrected chi connectivity index (χ0v) is 11.5. The highest BCUT2D eigenvalue weighted by atomic mass is 16.5. The van der Waals surface area contributed by atoms with Gasteiger partial charge in [0, 0.05) is 6.54 Å². The van der Waals surface area contributed by atoms with Gasteiger partial charge in [-0.15, -0.1) is 0 Å². The van der Waals surface area contributed by atoms with Gasteiger partial charge in [0.15, 0.2) is 6.61 Å². The zero-order valence-electron chi connectivity index (χ0n) is 11.5. The molecule has 0 spiro atoms. The van der Waals surface area contributed by atoms with E-state index in [4.69, 9.17) is 4.74 Å². The summed E-state index contributed by atoms with van der Waals surface area (Å²) in [5.74, 6) is 1.42. The van der Waals surface area contributed by atoms with Crippen molar-refractivity contribution in [3.63, 3.8) is 0 Å². The molecule has 106 valence electrons. The summed E-state index contributed by atoms with van der Waals surface area (Å²) in [5, 5.41) is 6.34. The molecule has 1 aliphatic heterocycles. The molecule has 1 unspecified atom stereocenters. The predicted octanol–water partition coefficient (Wildman–Crippen LogP) is 2.46. The van der Waals surface area contributed by atoms with Crippen LogP contribution >= 0.6 is 0 Å². The lowest BCUT2D eigenvalue weighted by molar-refractivity contribution is -0.118. The minimum atomic E-state index is -0.0865. The van der Waals surface area contributed by atoms with E-state index in [-0.39, 0.29) is 12.5 Å². The van der Waals surface area contributed by atoms with E-state index in [1.54, 1.807) is 0 Å². The smallest absolute Gasteiger partial charge is 0.262 e. The van der Waals surface area contributed by atoms with Gasteiger partial charge in [0.05, 0.1) is 5.69 Å². The zero-order chi connectivity index (χ0) is 13.8. The molecule has 1 aromatic carbocycles. The number of ether oxygens (including phenoxy) is 1. The molecular weight excluding hydrogens is 252 g/mol. The largest absolute Gasteiger partial charge is 0.482 e. The van der Waals surface area contributed by atoms with Gasteiger partial charge >= 0.3 is 0 Å². The average Bonchev–Trinajstić information content (AvgIpc) is 2.48. The lowest BCUT2D eigenvalue weighted by Gasteiger charge is -2.20. The molecule has 1 aromatic rings. The topological polar surface area (TPSA) is 50.4 Å². The highest BCUT2D eigenvalue weighted by Crippen LogP contribution is 2.28. The van der Waals surface area contributed by atoms with Gasteiger partial charge in [0.1, 0.15) is 5.75 Å². The van der Waals surface area contributed by atoms with E-state index in [2.05, 4.69) is 22.8 Å². The van der Waals surface area contributed by atoms with Crippen molar-refractivity contribution in [1.29, 1.82) is 0 Å². The lowest BCUT2D eigenvalue weighted by Crippen LogP contribution is -2.26. The molecule has 0 saturated heterocycles. The highest BCUT2D eigenvalue weighted by Gasteiger charge is 2.16. The maximum atomic E-state index is 11.3. The molecule has 0 fully saturated rings. The summed E-state index contributed by atoms with van der Waals surface area (Å²) in [4.78, 5) is 11.3. The van der Waals surface area contributed by atoms with Gasteiger partial charge in [-0.2, -0.15) is 0 Å². The molecule has 1 aliphatic carbocycles. The van der Waals surface area contributed by atoms with E-state index in [0.717, 1.165) is 30.4 Å². The van der Waals surface area contributed by atoms with Crippen LogP contribution in [0, 0.1) is 5.92 Å². The Balaban J connectivity index is 1.54. The number of hydrogen-bond donors (Lipinski definition) is 2. The van der Waals surface area contributed by atoms with Crippen LogP contribution in [0.3, 0.4) is 0 Å². The van der Waals surface area contributed by atoms with Gasteiger partial charge in [-0.05, 0) is 49.4 Å². The van der Waals surface area contributed by atoms with E-state index >= 15 is 0 Å². The van der Waals surface area contributed by atoms with Crippen molar-refractivity contribution in [2.75, 3.05) is 18.5 Å². The monoisotopic (exact) mass is 272 g/mol. The summed E-state index contributed by atoms with van der Waals surface area (Å²) in [7, 11) is 0. The van der Waals surface area contributed by atoms with Crippen molar-refractivity contribution in [3.8, 4) is 5.75 Å². The first-order valence-electron chi connectivity index (χ1n) is 7.22. The lowest BCUT2D eigenvalue weighted by atomic mass is 9.94. The van der Waals surface area contributed by atoms with Crippen molar-refractivity contribution >= 4 is 11.6 Å². The van der Waals surface area contributed by atoms with E-state index in [1.165, 1.54) is 24.8 Å². The predicted molar refractivity (Wildman–Crippen MR) is 78.8 cm³/mol. The van der Waals surface area contributed by atoms with Crippen molar-refractivity contribution in [2.45, 2.75) is 25.8 Å². The number of anilines is 1. The molecule has 0 saturated carbocycles. The maximum absolute atomic E-state index is 11.3. The Kier molecular flexibility index (Phi) is 4.02. The van der Waals surface area contributed by atoms with Gasteiger partial charge in [0.25, 0.3) is 5.91 Å². The Bertz CT molecular complexity index is 525. The van der Waals surface area contributed by atoms with E-state index in [1.807, 2.05) is 18.2 Å². The van der Waals surface area contributed by atoms with Crippen LogP contribution in [-0.4, -0.2) is 19.1 Å². The number of rotatable bonds is 4. The minimum Gasteiger partial charge on any atom is -0.482 e. The standard InChI is InChI=1S/C16H20N2O2/c19-16-11-20-15-7-6-13(8-14(15)18-16)10-17-9-12-4-2-1-3-5-12/h1-2,6-8,12,17H,3-5,9-11H2,(H,18,19). The number of amides is 1. The van der Waals surface area contributed by atoms with Crippen LogP contribution < -0.4 is 15.4 Å². The van der Waals surface area contributed by atoms with Gasteiger partial charge in [-0.25, -0.2) is 0 Å². The van der Waals surface area contributed by atoms with Crippen LogP contribution in [0.15, 0.2) is 30.4 Å². The number of hydrogen-bond acceptors (Lipinski definition) is 3. The fourth-order valence-electron chi connectivity index (χ4n) is 2.70. The molecule has 1 atom stereocenters. The van der Waals surface area contributed by atoms with Crippen molar-refractivity contribution < 1.29 is 9.53 Å². The molecule has 1 amide bonds. The van der Waals surface area contributed by atoms with Crippen LogP contribution in [0.2, 0.25) is 0 Å². The molecule has 0 aromatic heterocycles. The minimum absolute atomic E-state index is 0.0865. The maximum Gasteiger partial charge on any atom is 0.262 e. The molecular formula is C16H20N2O2. The molecule has 0 radical (unpaired) electrons. The van der Waals surface area contributed by atoms with E-state index in [9.17, 15) is 4.79 Å². The molecule has 4 nitrogen and oxygen atoms in total. The first kappa shape index (κ1) is 13.2. The van der Waals surface area contributed by atoms with Gasteiger partial charge < -0.3 is 15.4 Å². The second kappa shape index (κ2) is 6.09. The molecule has 20 heavy (non-hydrogen) atoms. The van der Waals surface area contributed by atoms with Crippen LogP contribution in [0.1, 0.15) is 24.8 Å². The Morgan fingerprint density at radius 2 is 2.30 bits per heavy atom. The van der Waals surface area contributed by atoms with E-state index in [0.29, 0.717) is 0 Å². The number of benzene rings is 1. The van der Waals surface area contributed by atoms with Crippen molar-refractivity contribution in [1.82, 2.24) is 5.32 Å². The SMILES string of the molecule is O=C1COc2ccc(CNCC3CC=CCC3)cc2N1. The summed E-state index contributed by atoms with van der Waals surface area (Å²) in [5.41, 5.74) is 1.95. The van der Waals surface area contributed by atoms with E-state index < -0.39 is 0 Å². The summed E-state index contributed by atoms with van der Waals surface area (Å²) in [6, 6.07) is 5.96. The van der Waals surface area contributed by atoms with Gasteiger partial charge in [-0.1, -0.05) is 18.2 Å². The number of allylic oxidation sites excluding steroid dienone is 2. The molecule has 2 N–H and O–H groups in total. The normalized spacial score (nSPS) is 21.0. The van der Waals surface area contributed by atoms with Gasteiger partial charge in [-0.3, -0.25) is 4.79 Å². The Hall–Kier alpha value is -1.81. The third kappa shape index (κ3) is 3.20. The van der Waals surface area contributed by atoms with Crippen LogP contribution in [-0.2, 0) is 11.3 Å². The fraction of sp³-hybridized carbons (Fsp3) is 0.438. The first-order valence-corrected chi connectivity index (χ1v) is 7.22. The second-order valence-corrected chi connectivity index (χ2v) is 5.45. The van der Waals surface area contributed by atoms with Crippen LogP contribution in [0.4, 0.5) is 5.69 Å². The Labute approximate surface area is 119 Å². The first-order chi connectivity index (χ1) is 9.81. The van der Waals surface area contributed by atoms with Gasteiger partial charge in [0.2, 0.25) is 0 Å². The third-order valence-corrected chi connectivity index (χ3v) is 3.82. The number of nitrogens with one attached hydrogen (secondary N) is 2. The number of carbonyl (C=O) groups is 1. The Morgan fingerprint density at radius 3 is 3.15 bits per heavy atom. The molecule has 1 heterocycles. The molecule has 0 bridgehead atoms. The number of fused-ring (bicyclic) bond motifs is 1. The highest BCUT2D eigenvalue weighted by molar-refractivity contribution is 5.95. The molecule has 2 aliphatic rings. The fourth-order valence-corrected chi connectivity index (χ4v) is 2.70. The van der Waals surface area contributed by atoms with Crippen LogP contribution in [0.5, 0.6) is 5.75 Å². The van der Waals surface area contributed by atoms with Crippen molar-refractivity contribution in [3.05, 3.63) is 35.9 Å². The average molecular weight is 272 g/mol. The summed E-state index contributed by atoms with van der Waals surface area (Å²) in [6.45, 7) is 1.98.